The summed E-state index contributed by atoms with van der Waals surface area (Å²) in [4.78, 5) is 16.6. The van der Waals surface area contributed by atoms with E-state index in [1.165, 1.54) is 6.20 Å². The monoisotopic (exact) mass is 251 g/mol. The smallest absolute Gasteiger partial charge is 0.217 e. The Bertz CT molecular complexity index is 424. The van der Waals surface area contributed by atoms with Crippen molar-refractivity contribution < 1.29 is 9.18 Å². The molecule has 1 atom stereocenters. The van der Waals surface area contributed by atoms with Crippen LogP contribution in [-0.2, 0) is 4.79 Å². The molecule has 0 spiro atoms. The van der Waals surface area contributed by atoms with E-state index in [2.05, 4.69) is 4.98 Å². The molecule has 0 aliphatic carbocycles. The molecule has 0 bridgehead atoms. The Morgan fingerprint density at radius 3 is 3.17 bits per heavy atom. The summed E-state index contributed by atoms with van der Waals surface area (Å²) in [5, 5.41) is 0. The topological polar surface area (TPSA) is 59.2 Å². The first kappa shape index (κ1) is 12.8. The van der Waals surface area contributed by atoms with E-state index in [1.54, 1.807) is 12.3 Å². The van der Waals surface area contributed by atoms with Gasteiger partial charge >= 0.3 is 0 Å². The molecule has 1 unspecified atom stereocenters. The number of nitrogens with zero attached hydrogens (tertiary/aromatic N) is 2. The predicted octanol–water partition coefficient (Wildman–Crippen LogP) is 1.70. The average Bonchev–Trinajstić information content (AvgIpc) is 2.37. The highest BCUT2D eigenvalue weighted by atomic mass is 19.1. The lowest BCUT2D eigenvalue weighted by Crippen LogP contribution is -2.36. The highest BCUT2D eigenvalue weighted by molar-refractivity contribution is 5.73. The van der Waals surface area contributed by atoms with Gasteiger partial charge in [0.1, 0.15) is 0 Å². The number of primary amides is 1. The summed E-state index contributed by atoms with van der Waals surface area (Å²) >= 11 is 0. The minimum atomic E-state index is -0.284. The van der Waals surface area contributed by atoms with Crippen LogP contribution in [-0.4, -0.2) is 24.0 Å². The molecule has 1 aromatic rings. The van der Waals surface area contributed by atoms with Crippen LogP contribution >= 0.6 is 0 Å². The van der Waals surface area contributed by atoms with Crippen LogP contribution in [0.4, 0.5) is 10.1 Å². The number of hydrogen-bond acceptors (Lipinski definition) is 3. The minimum absolute atomic E-state index is 0.262. The molecular weight excluding hydrogens is 233 g/mol. The number of halogens is 1. The first-order chi connectivity index (χ1) is 8.66. The number of piperidine rings is 1. The second-order valence-electron chi connectivity index (χ2n) is 4.79. The van der Waals surface area contributed by atoms with Crippen LogP contribution in [0.5, 0.6) is 0 Å². The largest absolute Gasteiger partial charge is 0.370 e. The average molecular weight is 251 g/mol. The van der Waals surface area contributed by atoms with Gasteiger partial charge in [0.25, 0.3) is 0 Å². The fourth-order valence-corrected chi connectivity index (χ4v) is 2.49. The summed E-state index contributed by atoms with van der Waals surface area (Å²) in [6.45, 7) is 1.64. The number of nitrogens with two attached hydrogens (primary N) is 1. The van der Waals surface area contributed by atoms with Gasteiger partial charge in [-0.1, -0.05) is 0 Å². The molecular formula is C13H18FN3O. The van der Waals surface area contributed by atoms with E-state index in [0.29, 0.717) is 18.0 Å². The first-order valence-corrected chi connectivity index (χ1v) is 6.29. The van der Waals surface area contributed by atoms with Crippen LogP contribution in [0.3, 0.4) is 0 Å². The van der Waals surface area contributed by atoms with Gasteiger partial charge in [0.05, 0.1) is 11.9 Å². The van der Waals surface area contributed by atoms with Gasteiger partial charge in [-0.2, -0.15) is 0 Å². The van der Waals surface area contributed by atoms with Gasteiger partial charge < -0.3 is 10.6 Å². The molecule has 1 aliphatic rings. The second-order valence-corrected chi connectivity index (χ2v) is 4.79. The zero-order chi connectivity index (χ0) is 13.0. The lowest BCUT2D eigenvalue weighted by molar-refractivity contribution is -0.118. The standard InChI is InChI=1S/C13H18FN3O/c14-11-8-16-6-5-12(11)17-7-1-2-10(9-17)3-4-13(15)18/h5-6,8,10H,1-4,7,9H2,(H2,15,18). The molecule has 1 aliphatic heterocycles. The Morgan fingerprint density at radius 2 is 2.44 bits per heavy atom. The normalized spacial score (nSPS) is 19.8. The van der Waals surface area contributed by atoms with Gasteiger partial charge in [-0.15, -0.1) is 0 Å². The van der Waals surface area contributed by atoms with Crippen molar-refractivity contribution in [3.63, 3.8) is 0 Å². The summed E-state index contributed by atoms with van der Waals surface area (Å²) in [7, 11) is 0. The Morgan fingerprint density at radius 1 is 1.61 bits per heavy atom. The first-order valence-electron chi connectivity index (χ1n) is 6.29. The summed E-state index contributed by atoms with van der Waals surface area (Å²) in [6.07, 6.45) is 6.14. The van der Waals surface area contributed by atoms with Gasteiger partial charge in [-0.25, -0.2) is 4.39 Å². The fourth-order valence-electron chi connectivity index (χ4n) is 2.49. The van der Waals surface area contributed by atoms with Crippen LogP contribution in [0.2, 0.25) is 0 Å². The Kier molecular flexibility index (Phi) is 4.12. The van der Waals surface area contributed by atoms with Crippen molar-refractivity contribution in [1.82, 2.24) is 4.98 Å². The van der Waals surface area contributed by atoms with E-state index >= 15 is 0 Å². The van der Waals surface area contributed by atoms with Crippen molar-refractivity contribution in [2.75, 3.05) is 18.0 Å². The van der Waals surface area contributed by atoms with Crippen molar-refractivity contribution in [3.8, 4) is 0 Å². The van der Waals surface area contributed by atoms with Crippen molar-refractivity contribution >= 4 is 11.6 Å². The van der Waals surface area contributed by atoms with E-state index in [-0.39, 0.29) is 11.7 Å². The zero-order valence-corrected chi connectivity index (χ0v) is 10.3. The quantitative estimate of drug-likeness (QED) is 0.886. The van der Waals surface area contributed by atoms with Gasteiger partial charge in [0, 0.05) is 25.7 Å². The number of rotatable bonds is 4. The van der Waals surface area contributed by atoms with Crippen molar-refractivity contribution in [2.45, 2.75) is 25.7 Å². The zero-order valence-electron chi connectivity index (χ0n) is 10.3. The van der Waals surface area contributed by atoms with E-state index in [1.807, 2.05) is 4.90 Å². The van der Waals surface area contributed by atoms with Crippen molar-refractivity contribution in [3.05, 3.63) is 24.3 Å². The maximum absolute atomic E-state index is 13.6. The molecule has 4 nitrogen and oxygen atoms in total. The molecule has 2 rings (SSSR count). The molecule has 98 valence electrons. The maximum atomic E-state index is 13.6. The summed E-state index contributed by atoms with van der Waals surface area (Å²) in [6, 6.07) is 1.70. The fraction of sp³-hybridized carbons (Fsp3) is 0.538. The third-order valence-electron chi connectivity index (χ3n) is 3.41. The van der Waals surface area contributed by atoms with Gasteiger partial charge in [0.15, 0.2) is 5.82 Å². The summed E-state index contributed by atoms with van der Waals surface area (Å²) < 4.78 is 13.6. The Labute approximate surface area is 106 Å². The highest BCUT2D eigenvalue weighted by Gasteiger charge is 2.22. The molecule has 2 heterocycles. The third kappa shape index (κ3) is 3.18. The van der Waals surface area contributed by atoms with Gasteiger partial charge in [-0.05, 0) is 31.2 Å². The molecule has 5 heteroatoms. The maximum Gasteiger partial charge on any atom is 0.217 e. The van der Waals surface area contributed by atoms with Crippen LogP contribution in [0.25, 0.3) is 0 Å². The van der Waals surface area contributed by atoms with Crippen LogP contribution in [0.1, 0.15) is 25.7 Å². The van der Waals surface area contributed by atoms with Gasteiger partial charge in [0.2, 0.25) is 5.91 Å². The van der Waals surface area contributed by atoms with Gasteiger partial charge in [-0.3, -0.25) is 9.78 Å². The minimum Gasteiger partial charge on any atom is -0.370 e. The molecule has 1 fully saturated rings. The van der Waals surface area contributed by atoms with E-state index in [0.717, 1.165) is 32.4 Å². The summed E-state index contributed by atoms with van der Waals surface area (Å²) in [5.41, 5.74) is 5.76. The Hall–Kier alpha value is -1.65. The van der Waals surface area contributed by atoms with E-state index < -0.39 is 0 Å². The number of carbonyl (C=O) groups excluding carboxylic acids is 1. The van der Waals surface area contributed by atoms with E-state index in [9.17, 15) is 9.18 Å². The molecule has 18 heavy (non-hydrogen) atoms. The number of carbonyl (C=O) groups is 1. The lowest BCUT2D eigenvalue weighted by atomic mass is 9.93. The summed E-state index contributed by atoms with van der Waals surface area (Å²) in [5.74, 6) is -0.130. The van der Waals surface area contributed by atoms with Crippen molar-refractivity contribution in [1.29, 1.82) is 0 Å². The number of amides is 1. The molecule has 0 saturated carbocycles. The molecule has 1 amide bonds. The molecule has 0 aromatic carbocycles. The molecule has 1 aromatic heterocycles. The lowest BCUT2D eigenvalue weighted by Gasteiger charge is -2.34. The van der Waals surface area contributed by atoms with Crippen LogP contribution < -0.4 is 10.6 Å². The van der Waals surface area contributed by atoms with E-state index in [4.69, 9.17) is 5.73 Å². The van der Waals surface area contributed by atoms with Crippen LogP contribution in [0.15, 0.2) is 18.5 Å². The third-order valence-corrected chi connectivity index (χ3v) is 3.41. The van der Waals surface area contributed by atoms with Crippen molar-refractivity contribution in [2.24, 2.45) is 11.7 Å². The number of hydrogen-bond donors (Lipinski definition) is 1. The number of aromatic nitrogens is 1. The molecule has 2 N–H and O–H groups in total. The number of pyridine rings is 1. The molecule has 1 saturated heterocycles. The Balaban J connectivity index is 1.98. The second kappa shape index (κ2) is 5.80. The highest BCUT2D eigenvalue weighted by Crippen LogP contribution is 2.26. The molecule has 0 radical (unpaired) electrons. The van der Waals surface area contributed by atoms with Crippen LogP contribution in [0, 0.1) is 11.7 Å². The number of anilines is 1. The SMILES string of the molecule is NC(=O)CCC1CCCN(c2ccncc2F)C1. The predicted molar refractivity (Wildman–Crippen MR) is 67.6 cm³/mol.